The van der Waals surface area contributed by atoms with Crippen molar-refractivity contribution in [3.8, 4) is 39.8 Å². The van der Waals surface area contributed by atoms with E-state index in [-0.39, 0.29) is 0 Å². The lowest BCUT2D eigenvalue weighted by molar-refractivity contribution is 0.395. The van der Waals surface area contributed by atoms with E-state index in [9.17, 15) is 0 Å². The molecule has 0 radical (unpaired) electrons. The highest BCUT2D eigenvalue weighted by atomic mass is 16.5. The van der Waals surface area contributed by atoms with Gasteiger partial charge in [-0.2, -0.15) is 0 Å². The minimum absolute atomic E-state index is 0.592. The van der Waals surface area contributed by atoms with Crippen molar-refractivity contribution in [1.29, 1.82) is 0 Å². The topological polar surface area (TPSA) is 74.1 Å². The van der Waals surface area contributed by atoms with E-state index in [0.29, 0.717) is 19.0 Å². The number of hydrogen-bond acceptors (Lipinski definition) is 6. The van der Waals surface area contributed by atoms with Crippen molar-refractivity contribution in [2.24, 2.45) is 0 Å². The molecule has 4 aromatic rings. The second kappa shape index (κ2) is 7.61. The molecule has 0 atom stereocenters. The molecule has 5 rings (SSSR count). The van der Waals surface area contributed by atoms with Crippen LogP contribution >= 0.6 is 0 Å². The first-order chi connectivity index (χ1) is 14.8. The molecule has 30 heavy (non-hydrogen) atoms. The van der Waals surface area contributed by atoms with Gasteiger partial charge in [0.15, 0.2) is 11.6 Å². The van der Waals surface area contributed by atoms with Gasteiger partial charge in [-0.15, -0.1) is 10.2 Å². The van der Waals surface area contributed by atoms with E-state index < -0.39 is 0 Å². The molecule has 1 aliphatic rings. The third-order valence-electron chi connectivity index (χ3n) is 5.24. The molecule has 0 unspecified atom stereocenters. The number of rotatable bonds is 4. The summed E-state index contributed by atoms with van der Waals surface area (Å²) in [6.45, 7) is 1.26. The molecule has 1 N–H and O–H groups in total. The molecule has 2 aromatic carbocycles. The molecule has 0 spiro atoms. The van der Waals surface area contributed by atoms with Gasteiger partial charge in [-0.05, 0) is 17.7 Å². The molecule has 7 nitrogen and oxygen atoms in total. The summed E-state index contributed by atoms with van der Waals surface area (Å²) in [5.41, 5.74) is 4.98. The average Bonchev–Trinajstić information content (AvgIpc) is 3.14. The molecule has 2 aromatic heterocycles. The van der Waals surface area contributed by atoms with E-state index in [4.69, 9.17) is 9.47 Å². The molecule has 0 saturated carbocycles. The van der Waals surface area contributed by atoms with Gasteiger partial charge in [-0.1, -0.05) is 42.5 Å². The van der Waals surface area contributed by atoms with E-state index in [2.05, 4.69) is 55.4 Å². The fourth-order valence-corrected chi connectivity index (χ4v) is 3.77. The van der Waals surface area contributed by atoms with E-state index >= 15 is 0 Å². The number of nitrogens with one attached hydrogen (secondary N) is 1. The number of fused-ring (bicyclic) bond motifs is 3. The minimum atomic E-state index is 0.592. The molecular weight excluding hydrogens is 378 g/mol. The summed E-state index contributed by atoms with van der Waals surface area (Å²) >= 11 is 0. The van der Waals surface area contributed by atoms with Crippen LogP contribution in [0.5, 0.6) is 11.6 Å². The van der Waals surface area contributed by atoms with Crippen LogP contribution in [-0.4, -0.2) is 34.0 Å². The van der Waals surface area contributed by atoms with E-state index in [0.717, 1.165) is 45.5 Å². The highest BCUT2D eigenvalue weighted by molar-refractivity contribution is 5.73. The Labute approximate surface area is 174 Å². The molecule has 0 amide bonds. The summed E-state index contributed by atoms with van der Waals surface area (Å²) in [6.07, 6.45) is 0. The Balaban J connectivity index is 1.58. The standard InChI is InChI=1S/C23H21N5O2/c1-29-20-6-4-3-5-17(20)15-7-9-16(10-8-15)23-27-26-21-14-24-13-18-19(28(21)23)11-12-22(25-18)30-2/h3-12,24H,13-14H2,1-2H3. The molecule has 1 aliphatic heterocycles. The zero-order valence-electron chi connectivity index (χ0n) is 16.8. The zero-order valence-corrected chi connectivity index (χ0v) is 16.8. The zero-order chi connectivity index (χ0) is 20.5. The number of pyridine rings is 1. The maximum atomic E-state index is 5.50. The van der Waals surface area contributed by atoms with Gasteiger partial charge in [-0.25, -0.2) is 4.98 Å². The predicted octanol–water partition coefficient (Wildman–Crippen LogP) is 3.62. The Bertz CT molecular complexity index is 1200. The van der Waals surface area contributed by atoms with Crippen LogP contribution in [0.15, 0.2) is 60.7 Å². The number of ether oxygens (including phenoxy) is 2. The third-order valence-corrected chi connectivity index (χ3v) is 5.24. The van der Waals surface area contributed by atoms with E-state index in [1.165, 1.54) is 0 Å². The summed E-state index contributed by atoms with van der Waals surface area (Å²) in [5.74, 6) is 3.08. The maximum absolute atomic E-state index is 5.50. The SMILES string of the molecule is COc1ccc2c(n1)CNCc1nnc(-c3ccc(-c4ccccc4OC)cc3)n1-2. The molecule has 0 aliphatic carbocycles. The first-order valence-electron chi connectivity index (χ1n) is 9.71. The fraction of sp³-hybridized carbons (Fsp3) is 0.174. The summed E-state index contributed by atoms with van der Waals surface area (Å²) < 4.78 is 12.9. The molecule has 0 fully saturated rings. The van der Waals surface area contributed by atoms with Gasteiger partial charge in [0.25, 0.3) is 0 Å². The third kappa shape index (κ3) is 3.09. The van der Waals surface area contributed by atoms with Crippen molar-refractivity contribution in [2.75, 3.05) is 14.2 Å². The molecule has 3 heterocycles. The largest absolute Gasteiger partial charge is 0.496 e. The first kappa shape index (κ1) is 18.3. The normalized spacial score (nSPS) is 12.6. The summed E-state index contributed by atoms with van der Waals surface area (Å²) in [4.78, 5) is 4.60. The molecule has 0 saturated heterocycles. The van der Waals surface area contributed by atoms with Gasteiger partial charge in [0.05, 0.1) is 32.1 Å². The van der Waals surface area contributed by atoms with Crippen molar-refractivity contribution in [1.82, 2.24) is 25.1 Å². The van der Waals surface area contributed by atoms with Gasteiger partial charge < -0.3 is 14.8 Å². The van der Waals surface area contributed by atoms with Crippen LogP contribution in [0.4, 0.5) is 0 Å². The van der Waals surface area contributed by atoms with Crippen LogP contribution in [0.2, 0.25) is 0 Å². The second-order valence-electron chi connectivity index (χ2n) is 6.98. The van der Waals surface area contributed by atoms with Crippen molar-refractivity contribution < 1.29 is 9.47 Å². The Kier molecular flexibility index (Phi) is 4.65. The molecular formula is C23H21N5O2. The molecule has 150 valence electrons. The highest BCUT2D eigenvalue weighted by Crippen LogP contribution is 2.32. The van der Waals surface area contributed by atoms with Crippen LogP contribution in [0.1, 0.15) is 11.5 Å². The highest BCUT2D eigenvalue weighted by Gasteiger charge is 2.22. The van der Waals surface area contributed by atoms with Crippen molar-refractivity contribution in [3.63, 3.8) is 0 Å². The van der Waals surface area contributed by atoms with Crippen LogP contribution in [0.25, 0.3) is 28.2 Å². The quantitative estimate of drug-likeness (QED) is 0.565. The predicted molar refractivity (Wildman–Crippen MR) is 114 cm³/mol. The molecule has 7 heteroatoms. The first-order valence-corrected chi connectivity index (χ1v) is 9.71. The van der Waals surface area contributed by atoms with Gasteiger partial charge in [0.1, 0.15) is 5.75 Å². The lowest BCUT2D eigenvalue weighted by atomic mass is 10.0. The summed E-state index contributed by atoms with van der Waals surface area (Å²) in [5, 5.41) is 12.3. The Morgan fingerprint density at radius 3 is 2.43 bits per heavy atom. The van der Waals surface area contributed by atoms with Gasteiger partial charge >= 0.3 is 0 Å². The van der Waals surface area contributed by atoms with Crippen molar-refractivity contribution >= 4 is 0 Å². The Hall–Kier alpha value is -3.71. The maximum Gasteiger partial charge on any atom is 0.213 e. The second-order valence-corrected chi connectivity index (χ2v) is 6.98. The van der Waals surface area contributed by atoms with Crippen LogP contribution < -0.4 is 14.8 Å². The monoisotopic (exact) mass is 399 g/mol. The number of hydrogen-bond donors (Lipinski definition) is 1. The summed E-state index contributed by atoms with van der Waals surface area (Å²) in [6, 6.07) is 20.2. The van der Waals surface area contributed by atoms with E-state index in [1.54, 1.807) is 14.2 Å². The number of nitrogens with zero attached hydrogens (tertiary/aromatic N) is 4. The van der Waals surface area contributed by atoms with E-state index in [1.807, 2.05) is 30.3 Å². The fourth-order valence-electron chi connectivity index (χ4n) is 3.77. The number of benzene rings is 2. The van der Waals surface area contributed by atoms with Crippen molar-refractivity contribution in [2.45, 2.75) is 13.1 Å². The van der Waals surface area contributed by atoms with Gasteiger partial charge in [-0.3, -0.25) is 4.57 Å². The van der Waals surface area contributed by atoms with Gasteiger partial charge in [0.2, 0.25) is 5.88 Å². The smallest absolute Gasteiger partial charge is 0.213 e. The van der Waals surface area contributed by atoms with Crippen LogP contribution in [0, 0.1) is 0 Å². The summed E-state index contributed by atoms with van der Waals surface area (Å²) in [7, 11) is 3.31. The average molecular weight is 399 g/mol. The van der Waals surface area contributed by atoms with Crippen LogP contribution in [-0.2, 0) is 13.1 Å². The Morgan fingerprint density at radius 2 is 1.63 bits per heavy atom. The van der Waals surface area contributed by atoms with Crippen LogP contribution in [0.3, 0.4) is 0 Å². The van der Waals surface area contributed by atoms with Crippen molar-refractivity contribution in [3.05, 3.63) is 72.2 Å². The number of aromatic nitrogens is 4. The number of para-hydroxylation sites is 1. The molecule has 0 bridgehead atoms. The van der Waals surface area contributed by atoms with Gasteiger partial charge in [0, 0.05) is 23.7 Å². The Morgan fingerprint density at radius 1 is 0.833 bits per heavy atom. The minimum Gasteiger partial charge on any atom is -0.496 e. The lowest BCUT2D eigenvalue weighted by Gasteiger charge is -2.12. The lowest BCUT2D eigenvalue weighted by Crippen LogP contribution is -2.12. The number of methoxy groups -OCH3 is 2.